The standard InChI is InChI=1S/C25H22N4O2/c1-18-16-20(12-13-23(18)28-24(30)17-29-15-7-14-26-29)27-25(31)22-11-6-5-10-21(22)19-8-3-2-4-9-19/h2-16H,17H2,1H3,(H,27,31)(H,28,30). The number of anilines is 2. The molecule has 0 unspecified atom stereocenters. The van der Waals surface area contributed by atoms with Crippen molar-refractivity contribution in [3.63, 3.8) is 0 Å². The van der Waals surface area contributed by atoms with Crippen LogP contribution in [0.1, 0.15) is 15.9 Å². The smallest absolute Gasteiger partial charge is 0.256 e. The van der Waals surface area contributed by atoms with E-state index in [1.54, 1.807) is 35.3 Å². The van der Waals surface area contributed by atoms with Gasteiger partial charge in [-0.15, -0.1) is 0 Å². The molecule has 4 rings (SSSR count). The monoisotopic (exact) mass is 410 g/mol. The minimum absolute atomic E-state index is 0.140. The van der Waals surface area contributed by atoms with Gasteiger partial charge in [-0.3, -0.25) is 14.3 Å². The van der Waals surface area contributed by atoms with Crippen LogP contribution in [0.4, 0.5) is 11.4 Å². The Hall–Kier alpha value is -4.19. The van der Waals surface area contributed by atoms with Crippen molar-refractivity contribution >= 4 is 23.2 Å². The van der Waals surface area contributed by atoms with Gasteiger partial charge in [-0.1, -0.05) is 48.5 Å². The van der Waals surface area contributed by atoms with Crippen LogP contribution in [0.2, 0.25) is 0 Å². The highest BCUT2D eigenvalue weighted by Crippen LogP contribution is 2.25. The van der Waals surface area contributed by atoms with Gasteiger partial charge in [-0.05, 0) is 53.9 Å². The summed E-state index contributed by atoms with van der Waals surface area (Å²) in [6.45, 7) is 2.03. The number of rotatable bonds is 6. The van der Waals surface area contributed by atoms with E-state index in [0.29, 0.717) is 16.9 Å². The molecule has 0 fully saturated rings. The van der Waals surface area contributed by atoms with Gasteiger partial charge in [0.15, 0.2) is 0 Å². The third-order valence-electron chi connectivity index (χ3n) is 4.88. The van der Waals surface area contributed by atoms with Gasteiger partial charge in [0, 0.05) is 29.3 Å². The fourth-order valence-corrected chi connectivity index (χ4v) is 3.36. The molecule has 1 aromatic heterocycles. The van der Waals surface area contributed by atoms with Crippen LogP contribution >= 0.6 is 0 Å². The second kappa shape index (κ2) is 9.09. The lowest BCUT2D eigenvalue weighted by atomic mass is 9.99. The zero-order chi connectivity index (χ0) is 21.6. The molecule has 154 valence electrons. The highest BCUT2D eigenvalue weighted by atomic mass is 16.2. The van der Waals surface area contributed by atoms with Gasteiger partial charge < -0.3 is 10.6 Å². The number of benzene rings is 3. The summed E-state index contributed by atoms with van der Waals surface area (Å²) in [5, 5.41) is 9.87. The van der Waals surface area contributed by atoms with Crippen LogP contribution in [0.15, 0.2) is 91.3 Å². The number of nitrogens with one attached hydrogen (secondary N) is 2. The molecule has 6 nitrogen and oxygen atoms in total. The number of aryl methyl sites for hydroxylation is 1. The van der Waals surface area contributed by atoms with E-state index >= 15 is 0 Å². The molecule has 0 saturated heterocycles. The molecular weight excluding hydrogens is 388 g/mol. The zero-order valence-electron chi connectivity index (χ0n) is 17.1. The number of nitrogens with zero attached hydrogens (tertiary/aromatic N) is 2. The summed E-state index contributed by atoms with van der Waals surface area (Å²) >= 11 is 0. The number of hydrogen-bond acceptors (Lipinski definition) is 3. The van der Waals surface area contributed by atoms with Crippen LogP contribution in [0.25, 0.3) is 11.1 Å². The highest BCUT2D eigenvalue weighted by molar-refractivity contribution is 6.08. The topological polar surface area (TPSA) is 76.0 Å². The molecule has 0 atom stereocenters. The van der Waals surface area contributed by atoms with Crippen molar-refractivity contribution in [2.24, 2.45) is 0 Å². The van der Waals surface area contributed by atoms with E-state index in [0.717, 1.165) is 16.7 Å². The van der Waals surface area contributed by atoms with Crippen molar-refractivity contribution < 1.29 is 9.59 Å². The number of carbonyl (C=O) groups is 2. The Morgan fingerprint density at radius 1 is 0.903 bits per heavy atom. The highest BCUT2D eigenvalue weighted by Gasteiger charge is 2.13. The Morgan fingerprint density at radius 2 is 1.68 bits per heavy atom. The summed E-state index contributed by atoms with van der Waals surface area (Å²) in [7, 11) is 0. The molecule has 0 bridgehead atoms. The first-order valence-electron chi connectivity index (χ1n) is 9.94. The van der Waals surface area contributed by atoms with Crippen LogP contribution in [-0.2, 0) is 11.3 Å². The van der Waals surface area contributed by atoms with Gasteiger partial charge in [0.25, 0.3) is 5.91 Å². The summed E-state index contributed by atoms with van der Waals surface area (Å²) in [5.74, 6) is -0.352. The fraction of sp³-hybridized carbons (Fsp3) is 0.0800. The van der Waals surface area contributed by atoms with Gasteiger partial charge in [0.2, 0.25) is 5.91 Å². The number of carbonyl (C=O) groups excluding carboxylic acids is 2. The van der Waals surface area contributed by atoms with E-state index in [-0.39, 0.29) is 18.4 Å². The fourth-order valence-electron chi connectivity index (χ4n) is 3.36. The molecule has 1 heterocycles. The Kier molecular flexibility index (Phi) is 5.89. The van der Waals surface area contributed by atoms with E-state index < -0.39 is 0 Å². The SMILES string of the molecule is Cc1cc(NC(=O)c2ccccc2-c2ccccc2)ccc1NC(=O)Cn1cccn1. The van der Waals surface area contributed by atoms with Crippen molar-refractivity contribution in [1.82, 2.24) is 9.78 Å². The van der Waals surface area contributed by atoms with Gasteiger partial charge in [-0.25, -0.2) is 0 Å². The molecule has 2 amide bonds. The molecule has 0 aliphatic rings. The predicted molar refractivity (Wildman–Crippen MR) is 122 cm³/mol. The molecule has 0 aliphatic carbocycles. The van der Waals surface area contributed by atoms with Gasteiger partial charge in [0.05, 0.1) is 0 Å². The Balaban J connectivity index is 1.47. The number of hydrogen-bond donors (Lipinski definition) is 2. The molecule has 0 aliphatic heterocycles. The summed E-state index contributed by atoms with van der Waals surface area (Å²) in [4.78, 5) is 25.2. The lowest BCUT2D eigenvalue weighted by molar-refractivity contribution is -0.116. The van der Waals surface area contributed by atoms with E-state index in [1.165, 1.54) is 0 Å². The minimum atomic E-state index is -0.186. The van der Waals surface area contributed by atoms with Gasteiger partial charge >= 0.3 is 0 Å². The maximum Gasteiger partial charge on any atom is 0.256 e. The minimum Gasteiger partial charge on any atom is -0.324 e. The van der Waals surface area contributed by atoms with E-state index in [2.05, 4.69) is 15.7 Å². The Labute approximate surface area is 180 Å². The van der Waals surface area contributed by atoms with Crippen LogP contribution in [0.3, 0.4) is 0 Å². The van der Waals surface area contributed by atoms with E-state index in [1.807, 2.05) is 67.6 Å². The van der Waals surface area contributed by atoms with Crippen molar-refractivity contribution in [2.75, 3.05) is 10.6 Å². The first-order valence-corrected chi connectivity index (χ1v) is 9.94. The Morgan fingerprint density at radius 3 is 2.42 bits per heavy atom. The largest absolute Gasteiger partial charge is 0.324 e. The summed E-state index contributed by atoms with van der Waals surface area (Å²) in [5.41, 5.74) is 4.67. The average Bonchev–Trinajstić information content (AvgIpc) is 3.29. The molecule has 4 aromatic rings. The summed E-state index contributed by atoms with van der Waals surface area (Å²) in [6.07, 6.45) is 3.37. The predicted octanol–water partition coefficient (Wildman–Crippen LogP) is 4.75. The lowest BCUT2D eigenvalue weighted by Crippen LogP contribution is -2.19. The molecular formula is C25H22N4O2. The number of amides is 2. The zero-order valence-corrected chi connectivity index (χ0v) is 17.1. The lowest BCUT2D eigenvalue weighted by Gasteiger charge is -2.13. The molecule has 0 saturated carbocycles. The van der Waals surface area contributed by atoms with Crippen molar-refractivity contribution in [1.29, 1.82) is 0 Å². The summed E-state index contributed by atoms with van der Waals surface area (Å²) in [6, 6.07) is 24.5. The maximum absolute atomic E-state index is 13.0. The first-order chi connectivity index (χ1) is 15.1. The molecule has 3 aromatic carbocycles. The van der Waals surface area contributed by atoms with E-state index in [4.69, 9.17) is 0 Å². The second-order valence-corrected chi connectivity index (χ2v) is 7.15. The van der Waals surface area contributed by atoms with Gasteiger partial charge in [0.1, 0.15) is 6.54 Å². The van der Waals surface area contributed by atoms with Crippen molar-refractivity contribution in [3.05, 3.63) is 102 Å². The number of aromatic nitrogens is 2. The third-order valence-corrected chi connectivity index (χ3v) is 4.88. The normalized spacial score (nSPS) is 10.5. The van der Waals surface area contributed by atoms with Crippen molar-refractivity contribution in [3.8, 4) is 11.1 Å². The van der Waals surface area contributed by atoms with Crippen molar-refractivity contribution in [2.45, 2.75) is 13.5 Å². The quantitative estimate of drug-likeness (QED) is 0.482. The van der Waals surface area contributed by atoms with Gasteiger partial charge in [-0.2, -0.15) is 5.10 Å². The molecule has 0 radical (unpaired) electrons. The Bertz CT molecular complexity index is 1200. The summed E-state index contributed by atoms with van der Waals surface area (Å²) < 4.78 is 1.56. The maximum atomic E-state index is 13.0. The van der Waals surface area contributed by atoms with Crippen LogP contribution in [0, 0.1) is 6.92 Å². The molecule has 0 spiro atoms. The average molecular weight is 410 g/mol. The van der Waals surface area contributed by atoms with Crippen LogP contribution in [0.5, 0.6) is 0 Å². The molecule has 6 heteroatoms. The first kappa shape index (κ1) is 20.1. The molecule has 2 N–H and O–H groups in total. The third kappa shape index (κ3) is 4.87. The van der Waals surface area contributed by atoms with E-state index in [9.17, 15) is 9.59 Å². The second-order valence-electron chi connectivity index (χ2n) is 7.15. The van der Waals surface area contributed by atoms with Crippen LogP contribution < -0.4 is 10.6 Å². The van der Waals surface area contributed by atoms with Crippen LogP contribution in [-0.4, -0.2) is 21.6 Å². The molecule has 31 heavy (non-hydrogen) atoms.